The fourth-order valence-corrected chi connectivity index (χ4v) is 3.10. The van der Waals surface area contributed by atoms with Crippen LogP contribution in [0.5, 0.6) is 5.75 Å². The van der Waals surface area contributed by atoms with Crippen molar-refractivity contribution in [2.45, 2.75) is 19.0 Å². The van der Waals surface area contributed by atoms with Gasteiger partial charge in [0, 0.05) is 32.0 Å². The molecule has 2 amide bonds. The molecule has 2 N–H and O–H groups in total. The Morgan fingerprint density at radius 3 is 2.85 bits per heavy atom. The van der Waals surface area contributed by atoms with Crippen molar-refractivity contribution in [2.24, 2.45) is 0 Å². The highest BCUT2D eigenvalue weighted by molar-refractivity contribution is 5.88. The van der Waals surface area contributed by atoms with Gasteiger partial charge in [-0.1, -0.05) is 24.3 Å². The second-order valence-corrected chi connectivity index (χ2v) is 6.43. The van der Waals surface area contributed by atoms with Crippen molar-refractivity contribution in [3.63, 3.8) is 0 Å². The third-order valence-corrected chi connectivity index (χ3v) is 4.46. The standard InChI is InChI=1S/C20H24N4O3/c1-15(23-19(25)14-27-17-7-3-2-4-8-17)20(26)24-11-10-22-13-18(24)16-6-5-9-21-12-16/h2-9,12,15,18,22H,10-11,13-14H2,1H3,(H,23,25). The van der Waals surface area contributed by atoms with Crippen molar-refractivity contribution < 1.29 is 14.3 Å². The van der Waals surface area contributed by atoms with Crippen molar-refractivity contribution in [3.05, 3.63) is 60.4 Å². The number of carbonyl (C=O) groups excluding carboxylic acids is 2. The summed E-state index contributed by atoms with van der Waals surface area (Å²) in [4.78, 5) is 31.0. The molecule has 0 spiro atoms. The Morgan fingerprint density at radius 1 is 1.30 bits per heavy atom. The van der Waals surface area contributed by atoms with Crippen LogP contribution in [0.4, 0.5) is 0 Å². The molecule has 2 atom stereocenters. The van der Waals surface area contributed by atoms with Gasteiger partial charge in [-0.15, -0.1) is 0 Å². The van der Waals surface area contributed by atoms with Crippen LogP contribution in [-0.4, -0.2) is 54.0 Å². The monoisotopic (exact) mass is 368 g/mol. The number of hydrogen-bond donors (Lipinski definition) is 2. The number of ether oxygens (including phenoxy) is 1. The second kappa shape index (κ2) is 9.14. The van der Waals surface area contributed by atoms with E-state index < -0.39 is 6.04 Å². The minimum Gasteiger partial charge on any atom is -0.484 e. The fourth-order valence-electron chi connectivity index (χ4n) is 3.10. The zero-order valence-electron chi connectivity index (χ0n) is 15.3. The van der Waals surface area contributed by atoms with Crippen molar-refractivity contribution in [1.29, 1.82) is 0 Å². The minimum absolute atomic E-state index is 0.0973. The molecule has 0 radical (unpaired) electrons. The molecule has 0 aliphatic carbocycles. The van der Waals surface area contributed by atoms with E-state index in [9.17, 15) is 9.59 Å². The molecule has 3 rings (SSSR count). The smallest absolute Gasteiger partial charge is 0.258 e. The second-order valence-electron chi connectivity index (χ2n) is 6.43. The number of pyridine rings is 1. The maximum absolute atomic E-state index is 12.9. The number of amides is 2. The summed E-state index contributed by atoms with van der Waals surface area (Å²) in [5.74, 6) is 0.177. The largest absolute Gasteiger partial charge is 0.484 e. The third kappa shape index (κ3) is 5.04. The summed E-state index contributed by atoms with van der Waals surface area (Å²) in [6, 6.07) is 12.2. The van der Waals surface area contributed by atoms with E-state index in [1.54, 1.807) is 36.4 Å². The highest BCUT2D eigenvalue weighted by atomic mass is 16.5. The van der Waals surface area contributed by atoms with Crippen molar-refractivity contribution in [3.8, 4) is 5.75 Å². The fraction of sp³-hybridized carbons (Fsp3) is 0.350. The van der Waals surface area contributed by atoms with Crippen molar-refractivity contribution >= 4 is 11.8 Å². The van der Waals surface area contributed by atoms with Crippen molar-refractivity contribution in [1.82, 2.24) is 20.5 Å². The molecule has 0 saturated carbocycles. The molecular formula is C20H24N4O3. The molecule has 1 aliphatic heterocycles. The molecule has 0 bridgehead atoms. The van der Waals surface area contributed by atoms with Gasteiger partial charge >= 0.3 is 0 Å². The van der Waals surface area contributed by atoms with Crippen LogP contribution in [-0.2, 0) is 9.59 Å². The molecule has 27 heavy (non-hydrogen) atoms. The molecule has 1 aliphatic rings. The molecule has 1 aromatic carbocycles. The van der Waals surface area contributed by atoms with Crippen LogP contribution in [0.15, 0.2) is 54.9 Å². The first-order valence-corrected chi connectivity index (χ1v) is 9.03. The van der Waals surface area contributed by atoms with E-state index in [1.165, 1.54) is 0 Å². The van der Waals surface area contributed by atoms with Crippen LogP contribution in [0.3, 0.4) is 0 Å². The first-order chi connectivity index (χ1) is 13.1. The quantitative estimate of drug-likeness (QED) is 0.799. The maximum Gasteiger partial charge on any atom is 0.258 e. The van der Waals surface area contributed by atoms with E-state index in [-0.39, 0.29) is 24.5 Å². The lowest BCUT2D eigenvalue weighted by molar-refractivity contribution is -0.139. The SMILES string of the molecule is CC(NC(=O)COc1ccccc1)C(=O)N1CCNCC1c1cccnc1. The lowest BCUT2D eigenvalue weighted by Gasteiger charge is -2.37. The van der Waals surface area contributed by atoms with Crippen molar-refractivity contribution in [2.75, 3.05) is 26.2 Å². The first-order valence-electron chi connectivity index (χ1n) is 9.03. The summed E-state index contributed by atoms with van der Waals surface area (Å²) in [7, 11) is 0. The predicted octanol–water partition coefficient (Wildman–Crippen LogP) is 1.14. The number of nitrogens with zero attached hydrogens (tertiary/aromatic N) is 2. The number of piperazine rings is 1. The average Bonchev–Trinajstić information content (AvgIpc) is 2.73. The van der Waals surface area contributed by atoms with E-state index in [2.05, 4.69) is 15.6 Å². The van der Waals surface area contributed by atoms with Gasteiger partial charge in [0.15, 0.2) is 6.61 Å². The Kier molecular flexibility index (Phi) is 6.38. The van der Waals surface area contributed by atoms with Gasteiger partial charge in [-0.3, -0.25) is 14.6 Å². The third-order valence-electron chi connectivity index (χ3n) is 4.46. The summed E-state index contributed by atoms with van der Waals surface area (Å²) < 4.78 is 5.43. The van der Waals surface area contributed by atoms with E-state index in [0.717, 1.165) is 12.1 Å². The van der Waals surface area contributed by atoms with Gasteiger partial charge in [0.05, 0.1) is 6.04 Å². The number of hydrogen-bond acceptors (Lipinski definition) is 5. The zero-order valence-corrected chi connectivity index (χ0v) is 15.3. The predicted molar refractivity (Wildman–Crippen MR) is 101 cm³/mol. The minimum atomic E-state index is -0.630. The molecule has 2 heterocycles. The van der Waals surface area contributed by atoms with E-state index >= 15 is 0 Å². The molecule has 1 aromatic heterocycles. The van der Waals surface area contributed by atoms with Gasteiger partial charge in [0.1, 0.15) is 11.8 Å². The molecular weight excluding hydrogens is 344 g/mol. The van der Waals surface area contributed by atoms with E-state index in [4.69, 9.17) is 4.74 Å². The van der Waals surface area contributed by atoms with Gasteiger partial charge in [0.2, 0.25) is 5.91 Å². The maximum atomic E-state index is 12.9. The Morgan fingerprint density at radius 2 is 2.11 bits per heavy atom. The normalized spacial score (nSPS) is 17.8. The summed E-state index contributed by atoms with van der Waals surface area (Å²) in [6.07, 6.45) is 3.48. The van der Waals surface area contributed by atoms with Crippen LogP contribution in [0.1, 0.15) is 18.5 Å². The zero-order chi connectivity index (χ0) is 19.1. The summed E-state index contributed by atoms with van der Waals surface area (Å²) in [5, 5.41) is 6.04. The molecule has 2 aromatic rings. The number of para-hydroxylation sites is 1. The molecule has 1 saturated heterocycles. The van der Waals surface area contributed by atoms with Crippen LogP contribution in [0, 0.1) is 0 Å². The van der Waals surface area contributed by atoms with Gasteiger partial charge in [-0.2, -0.15) is 0 Å². The molecule has 7 heteroatoms. The number of benzene rings is 1. The Bertz CT molecular complexity index is 754. The Hall–Kier alpha value is -2.93. The van der Waals surface area contributed by atoms with Gasteiger partial charge in [-0.25, -0.2) is 0 Å². The molecule has 142 valence electrons. The van der Waals surface area contributed by atoms with Crippen LogP contribution in [0.2, 0.25) is 0 Å². The average molecular weight is 368 g/mol. The van der Waals surface area contributed by atoms with Gasteiger partial charge < -0.3 is 20.3 Å². The highest BCUT2D eigenvalue weighted by Crippen LogP contribution is 2.22. The summed E-state index contributed by atoms with van der Waals surface area (Å²) in [5.41, 5.74) is 0.976. The number of aromatic nitrogens is 1. The number of carbonyl (C=O) groups is 2. The molecule has 1 fully saturated rings. The topological polar surface area (TPSA) is 83.6 Å². The first kappa shape index (κ1) is 18.8. The Labute approximate surface area is 158 Å². The Balaban J connectivity index is 1.57. The number of nitrogens with one attached hydrogen (secondary N) is 2. The molecule has 7 nitrogen and oxygen atoms in total. The van der Waals surface area contributed by atoms with E-state index in [0.29, 0.717) is 18.8 Å². The van der Waals surface area contributed by atoms with Crippen LogP contribution in [0.25, 0.3) is 0 Å². The number of rotatable bonds is 6. The summed E-state index contributed by atoms with van der Waals surface area (Å²) in [6.45, 7) is 3.54. The lowest BCUT2D eigenvalue weighted by Crippen LogP contribution is -2.54. The lowest BCUT2D eigenvalue weighted by atomic mass is 10.0. The van der Waals surface area contributed by atoms with E-state index in [1.807, 2.05) is 30.3 Å². The summed E-state index contributed by atoms with van der Waals surface area (Å²) >= 11 is 0. The molecule has 2 unspecified atom stereocenters. The highest BCUT2D eigenvalue weighted by Gasteiger charge is 2.31. The van der Waals surface area contributed by atoms with Crippen LogP contribution >= 0.6 is 0 Å². The van der Waals surface area contributed by atoms with Crippen LogP contribution < -0.4 is 15.4 Å². The van der Waals surface area contributed by atoms with Gasteiger partial charge in [-0.05, 0) is 30.7 Å². The van der Waals surface area contributed by atoms with Gasteiger partial charge in [0.25, 0.3) is 5.91 Å².